The number of nitrogens with zero attached hydrogens (tertiary/aromatic N) is 1. The molecule has 0 radical (unpaired) electrons. The van der Waals surface area contributed by atoms with Crippen molar-refractivity contribution in [3.63, 3.8) is 0 Å². The monoisotopic (exact) mass is 283 g/mol. The van der Waals surface area contributed by atoms with E-state index in [1.54, 1.807) is 11.3 Å². The normalized spacial score (nSPS) is 12.7. The summed E-state index contributed by atoms with van der Waals surface area (Å²) < 4.78 is 0. The second-order valence-electron chi connectivity index (χ2n) is 4.92. The fraction of sp³-hybridized carbons (Fsp3) is 0.188. The molecule has 0 saturated heterocycles. The molecule has 1 unspecified atom stereocenters. The van der Waals surface area contributed by atoms with Gasteiger partial charge in [0.25, 0.3) is 0 Å². The van der Waals surface area contributed by atoms with Crippen LogP contribution >= 0.6 is 11.3 Å². The van der Waals surface area contributed by atoms with Gasteiger partial charge in [-0.15, -0.1) is 0 Å². The first kappa shape index (κ1) is 13.2. The molecule has 3 nitrogen and oxygen atoms in total. The highest BCUT2D eigenvalue weighted by molar-refractivity contribution is 7.08. The van der Waals surface area contributed by atoms with E-state index in [1.165, 1.54) is 22.1 Å². The van der Waals surface area contributed by atoms with Crippen LogP contribution in [0.3, 0.4) is 0 Å². The van der Waals surface area contributed by atoms with Gasteiger partial charge in [-0.25, -0.2) is 0 Å². The van der Waals surface area contributed by atoms with Crippen molar-refractivity contribution in [3.05, 3.63) is 64.0 Å². The van der Waals surface area contributed by atoms with Gasteiger partial charge in [0.05, 0.1) is 11.6 Å². The predicted molar refractivity (Wildman–Crippen MR) is 84.6 cm³/mol. The Bertz CT molecular complexity index is 715. The average Bonchev–Trinajstić information content (AvgIpc) is 2.91. The number of hydrogen-bond donors (Lipinski definition) is 2. The maximum Gasteiger partial charge on any atom is 0.0704 e. The number of aromatic nitrogens is 1. The van der Waals surface area contributed by atoms with Crippen molar-refractivity contribution in [2.24, 2.45) is 5.84 Å². The van der Waals surface area contributed by atoms with E-state index in [0.29, 0.717) is 0 Å². The number of rotatable bonds is 4. The van der Waals surface area contributed by atoms with Gasteiger partial charge in [0.1, 0.15) is 0 Å². The van der Waals surface area contributed by atoms with Crippen molar-refractivity contribution in [2.45, 2.75) is 19.4 Å². The van der Waals surface area contributed by atoms with E-state index >= 15 is 0 Å². The van der Waals surface area contributed by atoms with Crippen molar-refractivity contribution in [2.75, 3.05) is 0 Å². The standard InChI is InChI=1S/C16H17N3S/c1-11-9-20-10-14(11)16(19-17)8-12-6-7-18-15-5-3-2-4-13(12)15/h2-7,9-10,16,19H,8,17H2,1H3. The van der Waals surface area contributed by atoms with Gasteiger partial charge in [-0.3, -0.25) is 16.3 Å². The van der Waals surface area contributed by atoms with Gasteiger partial charge in [0, 0.05) is 11.6 Å². The van der Waals surface area contributed by atoms with Crippen molar-refractivity contribution in [1.82, 2.24) is 10.4 Å². The molecule has 0 fully saturated rings. The fourth-order valence-electron chi connectivity index (χ4n) is 2.54. The number of benzene rings is 1. The molecule has 0 spiro atoms. The van der Waals surface area contributed by atoms with E-state index in [-0.39, 0.29) is 6.04 Å². The number of nitrogens with two attached hydrogens (primary N) is 1. The second-order valence-corrected chi connectivity index (χ2v) is 5.66. The summed E-state index contributed by atoms with van der Waals surface area (Å²) in [4.78, 5) is 4.41. The number of thiophene rings is 1. The number of fused-ring (bicyclic) bond motifs is 1. The highest BCUT2D eigenvalue weighted by Gasteiger charge is 2.15. The quantitative estimate of drug-likeness (QED) is 0.570. The smallest absolute Gasteiger partial charge is 0.0704 e. The van der Waals surface area contributed by atoms with Gasteiger partial charge in [-0.05, 0) is 52.9 Å². The molecule has 0 bridgehead atoms. The van der Waals surface area contributed by atoms with Crippen molar-refractivity contribution in [1.29, 1.82) is 0 Å². The zero-order valence-electron chi connectivity index (χ0n) is 11.3. The molecule has 3 aromatic rings. The van der Waals surface area contributed by atoms with Gasteiger partial charge < -0.3 is 0 Å². The van der Waals surface area contributed by atoms with E-state index in [0.717, 1.165) is 11.9 Å². The number of hydrogen-bond acceptors (Lipinski definition) is 4. The topological polar surface area (TPSA) is 50.9 Å². The Kier molecular flexibility index (Phi) is 3.78. The van der Waals surface area contributed by atoms with Crippen LogP contribution in [0.5, 0.6) is 0 Å². The van der Waals surface area contributed by atoms with Crippen LogP contribution in [0.4, 0.5) is 0 Å². The lowest BCUT2D eigenvalue weighted by atomic mass is 9.97. The zero-order chi connectivity index (χ0) is 13.9. The Morgan fingerprint density at radius 3 is 2.85 bits per heavy atom. The number of hydrazine groups is 1. The van der Waals surface area contributed by atoms with Gasteiger partial charge >= 0.3 is 0 Å². The Morgan fingerprint density at radius 2 is 2.10 bits per heavy atom. The lowest BCUT2D eigenvalue weighted by Crippen LogP contribution is -2.29. The Labute approximate surface area is 122 Å². The molecule has 2 heterocycles. The molecule has 2 aromatic heterocycles. The van der Waals surface area contributed by atoms with Crippen LogP contribution in [-0.2, 0) is 6.42 Å². The minimum Gasteiger partial charge on any atom is -0.271 e. The van der Waals surface area contributed by atoms with Crippen LogP contribution in [0.15, 0.2) is 47.3 Å². The number of aryl methyl sites for hydroxylation is 1. The van der Waals surface area contributed by atoms with Gasteiger partial charge in [-0.1, -0.05) is 18.2 Å². The Morgan fingerprint density at radius 1 is 1.25 bits per heavy atom. The van der Waals surface area contributed by atoms with Crippen LogP contribution in [0.1, 0.15) is 22.7 Å². The van der Waals surface area contributed by atoms with Gasteiger partial charge in [-0.2, -0.15) is 11.3 Å². The predicted octanol–water partition coefficient (Wildman–Crippen LogP) is 3.35. The third kappa shape index (κ3) is 2.45. The van der Waals surface area contributed by atoms with Crippen LogP contribution < -0.4 is 11.3 Å². The lowest BCUT2D eigenvalue weighted by molar-refractivity contribution is 0.552. The maximum absolute atomic E-state index is 5.76. The summed E-state index contributed by atoms with van der Waals surface area (Å²) in [5.41, 5.74) is 7.81. The first-order valence-corrected chi connectivity index (χ1v) is 7.55. The van der Waals surface area contributed by atoms with Crippen LogP contribution in [-0.4, -0.2) is 4.98 Å². The summed E-state index contributed by atoms with van der Waals surface area (Å²) >= 11 is 1.72. The summed E-state index contributed by atoms with van der Waals surface area (Å²) in [6, 6.07) is 10.4. The molecular formula is C16H17N3S. The summed E-state index contributed by atoms with van der Waals surface area (Å²) in [7, 11) is 0. The SMILES string of the molecule is Cc1cscc1C(Cc1ccnc2ccccc12)NN. The molecule has 1 atom stereocenters. The average molecular weight is 283 g/mol. The van der Waals surface area contributed by atoms with Crippen molar-refractivity contribution < 1.29 is 0 Å². The van der Waals surface area contributed by atoms with Gasteiger partial charge in [0.15, 0.2) is 0 Å². The summed E-state index contributed by atoms with van der Waals surface area (Å²) in [6.07, 6.45) is 2.73. The molecule has 102 valence electrons. The molecular weight excluding hydrogens is 266 g/mol. The fourth-order valence-corrected chi connectivity index (χ4v) is 3.44. The van der Waals surface area contributed by atoms with E-state index in [4.69, 9.17) is 5.84 Å². The Balaban J connectivity index is 1.98. The molecule has 3 rings (SSSR count). The first-order chi connectivity index (χ1) is 9.79. The molecule has 0 aliphatic rings. The second kappa shape index (κ2) is 5.71. The summed E-state index contributed by atoms with van der Waals surface area (Å²) in [5, 5.41) is 5.52. The minimum atomic E-state index is 0.132. The molecule has 20 heavy (non-hydrogen) atoms. The van der Waals surface area contributed by atoms with Crippen molar-refractivity contribution >= 4 is 22.2 Å². The van der Waals surface area contributed by atoms with Crippen LogP contribution in [0, 0.1) is 6.92 Å². The number of nitrogens with one attached hydrogen (secondary N) is 1. The summed E-state index contributed by atoms with van der Waals surface area (Å²) in [5.74, 6) is 5.76. The highest BCUT2D eigenvalue weighted by atomic mass is 32.1. The highest BCUT2D eigenvalue weighted by Crippen LogP contribution is 2.26. The molecule has 0 amide bonds. The summed E-state index contributed by atoms with van der Waals surface area (Å²) in [6.45, 7) is 2.13. The maximum atomic E-state index is 5.76. The lowest BCUT2D eigenvalue weighted by Gasteiger charge is -2.17. The third-order valence-corrected chi connectivity index (χ3v) is 4.51. The van der Waals surface area contributed by atoms with E-state index in [1.807, 2.05) is 24.4 Å². The Hall–Kier alpha value is -1.75. The molecule has 1 aromatic carbocycles. The molecule has 4 heteroatoms. The molecule has 0 aliphatic heterocycles. The first-order valence-electron chi connectivity index (χ1n) is 6.61. The number of pyridine rings is 1. The van der Waals surface area contributed by atoms with E-state index in [2.05, 4.69) is 40.2 Å². The van der Waals surface area contributed by atoms with Crippen molar-refractivity contribution in [3.8, 4) is 0 Å². The zero-order valence-corrected chi connectivity index (χ0v) is 12.2. The largest absolute Gasteiger partial charge is 0.271 e. The minimum absolute atomic E-state index is 0.132. The molecule has 0 saturated carbocycles. The van der Waals surface area contributed by atoms with E-state index in [9.17, 15) is 0 Å². The van der Waals surface area contributed by atoms with Crippen LogP contribution in [0.25, 0.3) is 10.9 Å². The van der Waals surface area contributed by atoms with Crippen LogP contribution in [0.2, 0.25) is 0 Å². The van der Waals surface area contributed by atoms with E-state index < -0.39 is 0 Å². The number of para-hydroxylation sites is 1. The van der Waals surface area contributed by atoms with Gasteiger partial charge in [0.2, 0.25) is 0 Å². The molecule has 0 aliphatic carbocycles. The molecule has 3 N–H and O–H groups in total. The third-order valence-electron chi connectivity index (χ3n) is 3.64.